The van der Waals surface area contributed by atoms with Crippen molar-refractivity contribution in [1.29, 1.82) is 0 Å². The zero-order valence-electron chi connectivity index (χ0n) is 12.7. The molecule has 0 unspecified atom stereocenters. The summed E-state index contributed by atoms with van der Waals surface area (Å²) in [5.74, 6) is 0. The minimum absolute atomic E-state index is 1.75. The highest BCUT2D eigenvalue weighted by Gasteiger charge is 2.84. The smallest absolute Gasteiger partial charge is 0.170 e. The van der Waals surface area contributed by atoms with Crippen LogP contribution >= 0.6 is 0 Å². The Labute approximate surface area is 147 Å². The second-order valence-corrected chi connectivity index (χ2v) is 5.31. The predicted molar refractivity (Wildman–Crippen MR) is 55.0 cm³/mol. The van der Waals surface area contributed by atoms with E-state index in [0.29, 0.717) is 0 Å². The van der Waals surface area contributed by atoms with Gasteiger partial charge in [0.1, 0.15) is 0 Å². The average molecular weight is 478 g/mol. The van der Waals surface area contributed by atoms with E-state index >= 15 is 0 Å². The molecule has 0 heterocycles. The van der Waals surface area contributed by atoms with E-state index in [2.05, 4.69) is 0 Å². The minimum Gasteiger partial charge on any atom is -0.170 e. The lowest BCUT2D eigenvalue weighted by molar-refractivity contribution is -0.425. The first-order valence-corrected chi connectivity index (χ1v) is 6.29. The molecule has 0 saturated carbocycles. The molecule has 174 valence electrons. The van der Waals surface area contributed by atoms with Gasteiger partial charge in [0, 0.05) is 0 Å². The van der Waals surface area contributed by atoms with Crippen molar-refractivity contribution in [2.75, 3.05) is 0 Å². The van der Waals surface area contributed by atoms with E-state index in [4.69, 9.17) is 0 Å². The van der Waals surface area contributed by atoms with Crippen LogP contribution in [0.4, 0.5) is 79.0 Å². The molecule has 0 aliphatic carbocycles. The van der Waals surface area contributed by atoms with Crippen LogP contribution in [-0.2, 0) is 0 Å². The monoisotopic (exact) mass is 478 g/mol. The quantitative estimate of drug-likeness (QED) is 0.296. The Kier molecular flexibility index (Phi) is 6.65. The lowest BCUT2D eigenvalue weighted by Gasteiger charge is -2.39. The van der Waals surface area contributed by atoms with Crippen LogP contribution in [0.25, 0.3) is 0 Å². The number of hydrogen-bond donors (Lipinski definition) is 0. The summed E-state index contributed by atoms with van der Waals surface area (Å²) >= 11 is 0. The van der Waals surface area contributed by atoms with E-state index in [1.54, 1.807) is 0 Å². The van der Waals surface area contributed by atoms with Crippen molar-refractivity contribution in [2.24, 2.45) is 10.8 Å². The highest BCUT2D eigenvalue weighted by molar-refractivity contribution is 5.15. The largest absolute Gasteiger partial charge is 0.415 e. The Hall–Kier alpha value is -1.52. The van der Waals surface area contributed by atoms with Gasteiger partial charge in [-0.3, -0.25) is 0 Å². The van der Waals surface area contributed by atoms with E-state index in [9.17, 15) is 79.0 Å². The highest BCUT2D eigenvalue weighted by Crippen LogP contribution is 2.63. The van der Waals surface area contributed by atoms with Gasteiger partial charge in [-0.25, -0.2) is 0 Å². The summed E-state index contributed by atoms with van der Waals surface area (Å²) in [6.07, 6.45) is -52.3. The van der Waals surface area contributed by atoms with Crippen molar-refractivity contribution in [3.8, 4) is 0 Å². The predicted octanol–water partition coefficient (Wildman–Crippen LogP) is 7.28. The van der Waals surface area contributed by atoms with Gasteiger partial charge in [-0.15, -0.1) is 0 Å². The summed E-state index contributed by atoms with van der Waals surface area (Å²) in [5.41, 5.74) is -14.0. The molecule has 0 amide bonds. The normalized spacial score (nSPS) is 16.6. The Bertz CT molecular complexity index is 512. The Morgan fingerprint density at radius 1 is 0.379 bits per heavy atom. The second-order valence-electron chi connectivity index (χ2n) is 5.31. The minimum atomic E-state index is -7.43. The molecule has 29 heavy (non-hydrogen) atoms. The second kappa shape index (κ2) is 7.02. The summed E-state index contributed by atoms with van der Waals surface area (Å²) in [5, 5.41) is 0. The SMILES string of the molecule is FC(F)(F)C(C=CCC(C(F)(F)F)(C(F)(F)F)C(F)(F)F)(C(F)(F)F)C(F)(F)F. The summed E-state index contributed by atoms with van der Waals surface area (Å²) in [7, 11) is 0. The fourth-order valence-corrected chi connectivity index (χ4v) is 2.01. The lowest BCUT2D eigenvalue weighted by Crippen LogP contribution is -2.60. The van der Waals surface area contributed by atoms with E-state index < -0.39 is 66.5 Å². The molecule has 0 aliphatic rings. The van der Waals surface area contributed by atoms with Crippen LogP contribution in [0.3, 0.4) is 0 Å². The van der Waals surface area contributed by atoms with Crippen LogP contribution in [0.2, 0.25) is 0 Å². The molecule has 0 N–H and O–H groups in total. The number of rotatable bonds is 3. The summed E-state index contributed by atoms with van der Waals surface area (Å²) in [6, 6.07) is 0. The van der Waals surface area contributed by atoms with Crippen LogP contribution in [0.1, 0.15) is 6.42 Å². The third-order valence-corrected chi connectivity index (χ3v) is 3.59. The maximum atomic E-state index is 12.5. The van der Waals surface area contributed by atoms with Crippen LogP contribution in [-0.4, -0.2) is 37.1 Å². The van der Waals surface area contributed by atoms with Crippen LogP contribution in [0.5, 0.6) is 0 Å². The van der Waals surface area contributed by atoms with Crippen LogP contribution in [0.15, 0.2) is 12.2 Å². The number of hydrogen-bond acceptors (Lipinski definition) is 0. The van der Waals surface area contributed by atoms with E-state index in [1.165, 1.54) is 0 Å². The first kappa shape index (κ1) is 27.5. The van der Waals surface area contributed by atoms with Gasteiger partial charge in [-0.2, -0.15) is 79.0 Å². The Balaban J connectivity index is 6.86. The van der Waals surface area contributed by atoms with Crippen molar-refractivity contribution in [2.45, 2.75) is 43.5 Å². The summed E-state index contributed by atoms with van der Waals surface area (Å²) < 4.78 is 226. The zero-order valence-corrected chi connectivity index (χ0v) is 12.7. The Morgan fingerprint density at radius 2 is 0.621 bits per heavy atom. The molecule has 0 saturated heterocycles. The van der Waals surface area contributed by atoms with Gasteiger partial charge in [0.25, 0.3) is 10.8 Å². The summed E-state index contributed by atoms with van der Waals surface area (Å²) in [6.45, 7) is 0. The summed E-state index contributed by atoms with van der Waals surface area (Å²) in [4.78, 5) is 0. The van der Waals surface area contributed by atoms with Gasteiger partial charge >= 0.3 is 37.1 Å². The molecule has 18 heteroatoms. The zero-order chi connectivity index (χ0) is 24.1. The molecule has 0 rings (SSSR count). The van der Waals surface area contributed by atoms with Crippen molar-refractivity contribution in [1.82, 2.24) is 0 Å². The van der Waals surface area contributed by atoms with E-state index in [1.807, 2.05) is 0 Å². The van der Waals surface area contributed by atoms with Gasteiger partial charge in [-0.05, 0) is 6.42 Å². The van der Waals surface area contributed by atoms with E-state index in [-0.39, 0.29) is 0 Å². The first-order valence-electron chi connectivity index (χ1n) is 6.29. The molecular weight excluding hydrogens is 474 g/mol. The maximum Gasteiger partial charge on any atom is 0.415 e. The van der Waals surface area contributed by atoms with Crippen LogP contribution < -0.4 is 0 Å². The standard InChI is InChI=1S/C11H4F18/c12-6(13,14)4(7(15,16)17,8(18,19)20)2-1-3-5(9(21,22)23,10(24,25)26)11(27,28)29/h1-2H,3H2. The maximum absolute atomic E-state index is 12.5. The van der Waals surface area contributed by atoms with Gasteiger partial charge in [0.2, 0.25) is 0 Å². The van der Waals surface area contributed by atoms with E-state index in [0.717, 1.165) is 0 Å². The number of halogens is 18. The molecule has 0 aliphatic heterocycles. The molecule has 0 aromatic heterocycles. The molecule has 0 fully saturated rings. The van der Waals surface area contributed by atoms with Gasteiger partial charge in [0.05, 0.1) is 0 Å². The molecule has 0 nitrogen and oxygen atoms in total. The van der Waals surface area contributed by atoms with Gasteiger partial charge < -0.3 is 0 Å². The molecule has 0 atom stereocenters. The number of alkyl halides is 18. The van der Waals surface area contributed by atoms with Crippen molar-refractivity contribution >= 4 is 0 Å². The van der Waals surface area contributed by atoms with Crippen LogP contribution in [0, 0.1) is 10.8 Å². The lowest BCUT2D eigenvalue weighted by atomic mass is 9.79. The number of allylic oxidation sites excluding steroid dienone is 2. The fraction of sp³-hybridized carbons (Fsp3) is 0.818. The van der Waals surface area contributed by atoms with Gasteiger partial charge in [-0.1, -0.05) is 12.2 Å². The molecule has 0 aromatic rings. The first-order chi connectivity index (χ1) is 12.2. The fourth-order valence-electron chi connectivity index (χ4n) is 2.01. The molecule has 0 spiro atoms. The molecule has 0 bridgehead atoms. The topological polar surface area (TPSA) is 0 Å². The van der Waals surface area contributed by atoms with Gasteiger partial charge in [0.15, 0.2) is 0 Å². The van der Waals surface area contributed by atoms with Crippen molar-refractivity contribution < 1.29 is 79.0 Å². The highest BCUT2D eigenvalue weighted by atomic mass is 19.4. The Morgan fingerprint density at radius 3 is 0.793 bits per heavy atom. The third kappa shape index (κ3) is 4.34. The molecular formula is C11H4F18. The molecule has 0 aromatic carbocycles. The average Bonchev–Trinajstić information content (AvgIpc) is 2.27. The van der Waals surface area contributed by atoms with Crippen molar-refractivity contribution in [3.63, 3.8) is 0 Å². The van der Waals surface area contributed by atoms with Crippen molar-refractivity contribution in [3.05, 3.63) is 12.2 Å². The third-order valence-electron chi connectivity index (χ3n) is 3.59. The molecule has 0 radical (unpaired) electrons.